The first-order valence-corrected chi connectivity index (χ1v) is 2.97. The minimum absolute atomic E-state index is 1.12. The van der Waals surface area contributed by atoms with Crippen molar-refractivity contribution in [2.24, 2.45) is 0 Å². The maximum atomic E-state index is 3.58. The van der Waals surface area contributed by atoms with Crippen molar-refractivity contribution in [2.45, 2.75) is 19.8 Å². The molecule has 0 saturated heterocycles. The highest BCUT2D eigenvalue weighted by atomic mass is 13.8. The summed E-state index contributed by atoms with van der Waals surface area (Å²) in [6, 6.07) is 0. The third-order valence-corrected chi connectivity index (χ3v) is 0.902. The molecule has 0 unspecified atom stereocenters. The van der Waals surface area contributed by atoms with Crippen LogP contribution < -0.4 is 0 Å². The van der Waals surface area contributed by atoms with E-state index in [4.69, 9.17) is 0 Å². The Kier molecular flexibility index (Phi) is 6.06. The van der Waals surface area contributed by atoms with Gasteiger partial charge in [0.25, 0.3) is 0 Å². The van der Waals surface area contributed by atoms with E-state index in [0.717, 1.165) is 12.8 Å². The van der Waals surface area contributed by atoms with Crippen molar-refractivity contribution in [1.82, 2.24) is 0 Å². The first kappa shape index (κ1) is 7.48. The highest BCUT2D eigenvalue weighted by molar-refractivity contribution is 4.89. The predicted octanol–water partition coefficient (Wildman–Crippen LogP) is 2.73. The third-order valence-electron chi connectivity index (χ3n) is 0.902. The maximum Gasteiger partial charge on any atom is -0.0170 e. The molecule has 0 atom stereocenters. The Hall–Kier alpha value is -0.520. The van der Waals surface area contributed by atoms with Crippen LogP contribution in [0, 0.1) is 6.42 Å². The van der Waals surface area contributed by atoms with Gasteiger partial charge in [-0.1, -0.05) is 18.2 Å². The van der Waals surface area contributed by atoms with Gasteiger partial charge < -0.3 is 0 Å². The summed E-state index contributed by atoms with van der Waals surface area (Å²) in [7, 11) is 0. The standard InChI is InChI=1S/C8H13/c1-3-5-7-8-6-4-2/h3-6H,1,7-8H2,2H3/b6-4+. The fraction of sp³-hybridized carbons (Fsp3) is 0.375. The molecule has 0 aromatic carbocycles. The van der Waals surface area contributed by atoms with Crippen molar-refractivity contribution in [1.29, 1.82) is 0 Å². The van der Waals surface area contributed by atoms with E-state index in [1.165, 1.54) is 0 Å². The quantitative estimate of drug-likeness (QED) is 0.384. The number of allylic oxidation sites excluding steroid dienone is 3. The summed E-state index contributed by atoms with van der Waals surface area (Å²) < 4.78 is 0. The van der Waals surface area contributed by atoms with Crippen molar-refractivity contribution in [2.75, 3.05) is 0 Å². The molecule has 0 aliphatic rings. The van der Waals surface area contributed by atoms with Crippen molar-refractivity contribution in [3.8, 4) is 0 Å². The van der Waals surface area contributed by atoms with Crippen LogP contribution in [-0.4, -0.2) is 0 Å². The molecule has 45 valence electrons. The van der Waals surface area contributed by atoms with E-state index < -0.39 is 0 Å². The molecule has 0 fully saturated rings. The number of rotatable bonds is 4. The second-order valence-electron chi connectivity index (χ2n) is 1.62. The molecule has 0 nitrogen and oxygen atoms in total. The van der Waals surface area contributed by atoms with Gasteiger partial charge in [-0.25, -0.2) is 0 Å². The second kappa shape index (κ2) is 6.48. The lowest BCUT2D eigenvalue weighted by Gasteiger charge is -1.85. The van der Waals surface area contributed by atoms with Gasteiger partial charge in [0.2, 0.25) is 0 Å². The van der Waals surface area contributed by atoms with E-state index in [9.17, 15) is 0 Å². The molecule has 0 aromatic rings. The summed E-state index contributed by atoms with van der Waals surface area (Å²) >= 11 is 0. The lowest BCUT2D eigenvalue weighted by atomic mass is 10.2. The van der Waals surface area contributed by atoms with Gasteiger partial charge in [-0.2, -0.15) is 0 Å². The summed E-state index contributed by atoms with van der Waals surface area (Å²) in [6.45, 7) is 5.61. The smallest absolute Gasteiger partial charge is 0.0170 e. The zero-order valence-corrected chi connectivity index (χ0v) is 5.43. The topological polar surface area (TPSA) is 0 Å². The van der Waals surface area contributed by atoms with Gasteiger partial charge in [0.15, 0.2) is 0 Å². The normalized spacial score (nSPS) is 10.1. The molecule has 1 radical (unpaired) electrons. The Morgan fingerprint density at radius 2 is 2.12 bits per heavy atom. The highest BCUT2D eigenvalue weighted by Crippen LogP contribution is 1.94. The summed E-state index contributed by atoms with van der Waals surface area (Å²) in [4.78, 5) is 0. The largest absolute Gasteiger partial charge is 0.103 e. The molecule has 8 heavy (non-hydrogen) atoms. The van der Waals surface area contributed by atoms with Crippen LogP contribution in [-0.2, 0) is 0 Å². The average molecular weight is 109 g/mol. The zero-order valence-electron chi connectivity index (χ0n) is 5.43. The Labute approximate surface area is 51.9 Å². The molecule has 0 N–H and O–H groups in total. The zero-order chi connectivity index (χ0) is 6.24. The first-order valence-electron chi connectivity index (χ1n) is 2.97. The minimum atomic E-state index is 1.12. The Bertz CT molecular complexity index is 70.1. The number of hydrogen-bond acceptors (Lipinski definition) is 0. The van der Waals surface area contributed by atoms with Crippen LogP contribution in [0.5, 0.6) is 0 Å². The molecule has 0 aromatic heterocycles. The van der Waals surface area contributed by atoms with Gasteiger partial charge in [-0.15, -0.1) is 6.58 Å². The maximum absolute atomic E-state index is 3.58. The molecule has 0 aliphatic carbocycles. The van der Waals surface area contributed by atoms with E-state index in [1.807, 2.05) is 13.0 Å². The Balaban J connectivity index is 2.82. The predicted molar refractivity (Wildman–Crippen MR) is 38.5 cm³/mol. The van der Waals surface area contributed by atoms with Crippen LogP contribution in [0.25, 0.3) is 0 Å². The Morgan fingerprint density at radius 1 is 1.38 bits per heavy atom. The molecule has 0 bridgehead atoms. The molecule has 0 saturated carbocycles. The molecular weight excluding hydrogens is 96.1 g/mol. The van der Waals surface area contributed by atoms with Gasteiger partial charge in [-0.3, -0.25) is 0 Å². The lowest BCUT2D eigenvalue weighted by molar-refractivity contribution is 1.00. The van der Waals surface area contributed by atoms with Crippen LogP contribution in [0.3, 0.4) is 0 Å². The fourth-order valence-corrected chi connectivity index (χ4v) is 0.477. The van der Waals surface area contributed by atoms with Gasteiger partial charge in [0.1, 0.15) is 0 Å². The summed E-state index contributed by atoms with van der Waals surface area (Å²) in [5.41, 5.74) is 0. The molecule has 0 heteroatoms. The van der Waals surface area contributed by atoms with Crippen molar-refractivity contribution < 1.29 is 0 Å². The highest BCUT2D eigenvalue weighted by Gasteiger charge is 1.76. The van der Waals surface area contributed by atoms with Gasteiger partial charge in [0, 0.05) is 0 Å². The van der Waals surface area contributed by atoms with Crippen LogP contribution in [0.4, 0.5) is 0 Å². The van der Waals surface area contributed by atoms with Gasteiger partial charge in [0.05, 0.1) is 0 Å². The molecule has 0 heterocycles. The third kappa shape index (κ3) is 5.48. The molecule has 0 rings (SSSR count). The first-order chi connectivity index (χ1) is 3.91. The van der Waals surface area contributed by atoms with Crippen molar-refractivity contribution in [3.05, 3.63) is 31.2 Å². The molecule has 0 amide bonds. The van der Waals surface area contributed by atoms with E-state index >= 15 is 0 Å². The van der Waals surface area contributed by atoms with Crippen molar-refractivity contribution in [3.63, 3.8) is 0 Å². The second-order valence-corrected chi connectivity index (χ2v) is 1.62. The van der Waals surface area contributed by atoms with Crippen LogP contribution in [0.15, 0.2) is 24.8 Å². The van der Waals surface area contributed by atoms with Crippen LogP contribution >= 0.6 is 0 Å². The monoisotopic (exact) mass is 109 g/mol. The number of hydrogen-bond donors (Lipinski definition) is 0. The lowest BCUT2D eigenvalue weighted by Crippen LogP contribution is -1.67. The molecular formula is C8H13. The van der Waals surface area contributed by atoms with Gasteiger partial charge >= 0.3 is 0 Å². The summed E-state index contributed by atoms with van der Waals surface area (Å²) in [5.74, 6) is 0. The fourth-order valence-electron chi connectivity index (χ4n) is 0.477. The molecule has 0 spiro atoms. The summed E-state index contributed by atoms with van der Waals surface area (Å²) in [5, 5.41) is 0. The van der Waals surface area contributed by atoms with E-state index in [2.05, 4.69) is 25.2 Å². The van der Waals surface area contributed by atoms with E-state index in [-0.39, 0.29) is 0 Å². The average Bonchev–Trinajstić information content (AvgIpc) is 1.81. The molecule has 0 aliphatic heterocycles. The van der Waals surface area contributed by atoms with E-state index in [0.29, 0.717) is 0 Å². The van der Waals surface area contributed by atoms with E-state index in [1.54, 1.807) is 0 Å². The minimum Gasteiger partial charge on any atom is -0.103 e. The van der Waals surface area contributed by atoms with Crippen LogP contribution in [0.2, 0.25) is 0 Å². The summed E-state index contributed by atoms with van der Waals surface area (Å²) in [6.07, 6.45) is 10.4. The van der Waals surface area contributed by atoms with Crippen LogP contribution in [0.1, 0.15) is 19.8 Å². The van der Waals surface area contributed by atoms with Gasteiger partial charge in [-0.05, 0) is 26.2 Å². The Morgan fingerprint density at radius 3 is 2.62 bits per heavy atom. The number of unbranched alkanes of at least 4 members (excludes halogenated alkanes) is 2. The van der Waals surface area contributed by atoms with Crippen molar-refractivity contribution >= 4 is 0 Å². The SMILES string of the molecule is C=C[CH]CC/C=C/C.